The van der Waals surface area contributed by atoms with Crippen molar-refractivity contribution in [3.8, 4) is 22.5 Å². The Morgan fingerprint density at radius 2 is 0.880 bits per heavy atom. The summed E-state index contributed by atoms with van der Waals surface area (Å²) in [6, 6.07) is 58.5. The molecule has 1 aliphatic rings. The van der Waals surface area contributed by atoms with Crippen molar-refractivity contribution in [1.82, 2.24) is 9.13 Å². The molecule has 0 unspecified atom stereocenters. The van der Waals surface area contributed by atoms with Gasteiger partial charge in [-0.2, -0.15) is 0 Å². The fourth-order valence-corrected chi connectivity index (χ4v) is 11.0. The number of aromatic nitrogens is 2. The Labute approximate surface area is 295 Å². The van der Waals surface area contributed by atoms with Crippen LogP contribution in [0.2, 0.25) is 0 Å². The van der Waals surface area contributed by atoms with Gasteiger partial charge in [0.25, 0.3) is 0 Å². The van der Waals surface area contributed by atoms with E-state index in [1.807, 2.05) is 23.1 Å². The van der Waals surface area contributed by atoms with E-state index in [2.05, 4.69) is 167 Å². The van der Waals surface area contributed by atoms with Gasteiger partial charge in [0.1, 0.15) is 0 Å². The lowest BCUT2D eigenvalue weighted by molar-refractivity contribution is 1.16. The first-order chi connectivity index (χ1) is 24.8. The Morgan fingerprint density at radius 1 is 0.340 bits per heavy atom. The first-order valence-electron chi connectivity index (χ1n) is 17.0. The molecule has 4 heterocycles. The zero-order valence-electron chi connectivity index (χ0n) is 26.7. The molecule has 0 fully saturated rings. The minimum absolute atomic E-state index is 1.20. The second-order valence-electron chi connectivity index (χ2n) is 13.3. The maximum atomic E-state index is 2.46. The van der Waals surface area contributed by atoms with Gasteiger partial charge in [0.2, 0.25) is 0 Å². The van der Waals surface area contributed by atoms with Gasteiger partial charge in [-0.25, -0.2) is 0 Å². The van der Waals surface area contributed by atoms with Crippen LogP contribution in [-0.4, -0.2) is 9.13 Å². The quantitative estimate of drug-likeness (QED) is 0.178. The molecule has 0 atom stereocenters. The summed E-state index contributed by atoms with van der Waals surface area (Å²) in [5.41, 5.74) is 10.0. The van der Waals surface area contributed by atoms with Gasteiger partial charge >= 0.3 is 0 Å². The van der Waals surface area contributed by atoms with Crippen molar-refractivity contribution in [3.05, 3.63) is 158 Å². The van der Waals surface area contributed by atoms with E-state index in [4.69, 9.17) is 0 Å². The van der Waals surface area contributed by atoms with Crippen molar-refractivity contribution >= 4 is 97.7 Å². The van der Waals surface area contributed by atoms with Crippen molar-refractivity contribution in [2.45, 2.75) is 9.79 Å². The summed E-state index contributed by atoms with van der Waals surface area (Å²) >= 11 is 3.82. The van der Waals surface area contributed by atoms with E-state index in [1.165, 1.54) is 107 Å². The molecule has 0 saturated heterocycles. The van der Waals surface area contributed by atoms with Crippen molar-refractivity contribution < 1.29 is 0 Å². The Hall–Kier alpha value is -5.81. The molecule has 4 heteroatoms. The fraction of sp³-hybridized carbons (Fsp3) is 0. The largest absolute Gasteiger partial charge is 0.309 e. The number of rotatable bonds is 2. The number of nitrogens with zero attached hydrogens (tertiary/aromatic N) is 2. The lowest BCUT2D eigenvalue weighted by Gasteiger charge is -2.22. The van der Waals surface area contributed by atoms with Crippen LogP contribution in [0, 0.1) is 0 Å². The van der Waals surface area contributed by atoms with Crippen LogP contribution in [-0.2, 0) is 0 Å². The average molecular weight is 671 g/mol. The number of thiophene rings is 1. The van der Waals surface area contributed by atoms with Crippen molar-refractivity contribution in [2.75, 3.05) is 0 Å². The van der Waals surface area contributed by atoms with Crippen LogP contribution in [0.5, 0.6) is 0 Å². The molecule has 0 aliphatic carbocycles. The molecule has 0 saturated carbocycles. The third-order valence-electron chi connectivity index (χ3n) is 10.7. The SMILES string of the molecule is c1cc2c3c(cc4sc5cc(-n6c7ccccc7c7ccccc76)ccc5c4c3c1)-c1ccc(-n3c4ccccc4c4ccccc43)cc1S2. The third kappa shape index (κ3) is 3.54. The van der Waals surface area contributed by atoms with Crippen LogP contribution in [0.1, 0.15) is 0 Å². The fourth-order valence-electron chi connectivity index (χ4n) is 8.62. The summed E-state index contributed by atoms with van der Waals surface area (Å²) < 4.78 is 7.50. The highest BCUT2D eigenvalue weighted by atomic mass is 32.2. The van der Waals surface area contributed by atoms with E-state index < -0.39 is 0 Å². The summed E-state index contributed by atoms with van der Waals surface area (Å²) in [7, 11) is 0. The van der Waals surface area contributed by atoms with Gasteiger partial charge in [0.15, 0.2) is 0 Å². The molecule has 3 aromatic heterocycles. The molecule has 2 nitrogen and oxygen atoms in total. The van der Waals surface area contributed by atoms with Gasteiger partial charge in [0, 0.05) is 68.3 Å². The average Bonchev–Trinajstić information content (AvgIpc) is 3.82. The first-order valence-corrected chi connectivity index (χ1v) is 18.6. The molecular weight excluding hydrogens is 645 g/mol. The van der Waals surface area contributed by atoms with Crippen LogP contribution in [0.3, 0.4) is 0 Å². The van der Waals surface area contributed by atoms with E-state index in [0.717, 1.165) is 0 Å². The van der Waals surface area contributed by atoms with Gasteiger partial charge < -0.3 is 9.13 Å². The molecule has 0 radical (unpaired) electrons. The molecular formula is C46H26N2S2. The van der Waals surface area contributed by atoms with Gasteiger partial charge in [0.05, 0.1) is 22.1 Å². The standard InChI is InChI=1S/C46H26N2S2/c1-5-15-37-29(10-1)30-11-2-6-16-38(30)47(37)27-20-22-33-36-26-44-45(35-14-9-19-41(46(35)36)49-42(33)24-27)34-23-21-28(25-43(34)50-44)48-39-17-7-3-12-31(39)32-13-4-8-18-40(32)48/h1-26H. The van der Waals surface area contributed by atoms with Crippen molar-refractivity contribution in [2.24, 2.45) is 0 Å². The molecule has 1 aliphatic heterocycles. The monoisotopic (exact) mass is 670 g/mol. The summed E-state index contributed by atoms with van der Waals surface area (Å²) in [6.07, 6.45) is 0. The Bertz CT molecular complexity index is 3140. The summed E-state index contributed by atoms with van der Waals surface area (Å²) in [6.45, 7) is 0. The molecule has 50 heavy (non-hydrogen) atoms. The van der Waals surface area contributed by atoms with Crippen molar-refractivity contribution in [1.29, 1.82) is 0 Å². The van der Waals surface area contributed by atoms with Gasteiger partial charge in [-0.3, -0.25) is 0 Å². The minimum atomic E-state index is 1.20. The lowest BCUT2D eigenvalue weighted by atomic mass is 9.94. The summed E-state index contributed by atoms with van der Waals surface area (Å²) in [5, 5.41) is 10.6. The molecule has 0 N–H and O–H groups in total. The maximum Gasteiger partial charge on any atom is 0.0541 e. The Kier molecular flexibility index (Phi) is 5.35. The number of hydrogen-bond acceptors (Lipinski definition) is 2. The number of benzene rings is 8. The molecule has 232 valence electrons. The first kappa shape index (κ1) is 27.1. The van der Waals surface area contributed by atoms with E-state index in [1.54, 1.807) is 0 Å². The topological polar surface area (TPSA) is 9.86 Å². The number of fused-ring (bicyclic) bond motifs is 12. The van der Waals surface area contributed by atoms with Crippen LogP contribution in [0.15, 0.2) is 168 Å². The molecule has 12 rings (SSSR count). The Morgan fingerprint density at radius 3 is 1.50 bits per heavy atom. The van der Waals surface area contributed by atoms with E-state index in [9.17, 15) is 0 Å². The van der Waals surface area contributed by atoms with Gasteiger partial charge in [-0.1, -0.05) is 109 Å². The van der Waals surface area contributed by atoms with Crippen LogP contribution in [0.4, 0.5) is 0 Å². The van der Waals surface area contributed by atoms with Gasteiger partial charge in [-0.05, 0) is 77.2 Å². The van der Waals surface area contributed by atoms with E-state index in [0.29, 0.717) is 0 Å². The zero-order valence-corrected chi connectivity index (χ0v) is 28.4. The summed E-state index contributed by atoms with van der Waals surface area (Å²) in [5.74, 6) is 0. The number of para-hydroxylation sites is 4. The smallest absolute Gasteiger partial charge is 0.0541 e. The summed E-state index contributed by atoms with van der Waals surface area (Å²) in [4.78, 5) is 2.63. The number of hydrogen-bond donors (Lipinski definition) is 0. The van der Waals surface area contributed by atoms with Crippen LogP contribution in [0.25, 0.3) is 97.1 Å². The Balaban J connectivity index is 1.07. The zero-order chi connectivity index (χ0) is 32.5. The predicted molar refractivity (Wildman–Crippen MR) is 215 cm³/mol. The molecule has 0 spiro atoms. The third-order valence-corrected chi connectivity index (χ3v) is 12.9. The second-order valence-corrected chi connectivity index (χ2v) is 15.4. The van der Waals surface area contributed by atoms with E-state index >= 15 is 0 Å². The minimum Gasteiger partial charge on any atom is -0.309 e. The molecule has 11 aromatic rings. The van der Waals surface area contributed by atoms with Crippen LogP contribution >= 0.6 is 23.1 Å². The van der Waals surface area contributed by atoms with Crippen molar-refractivity contribution in [3.63, 3.8) is 0 Å². The molecule has 0 amide bonds. The van der Waals surface area contributed by atoms with Gasteiger partial charge in [-0.15, -0.1) is 11.3 Å². The van der Waals surface area contributed by atoms with Crippen LogP contribution < -0.4 is 0 Å². The predicted octanol–water partition coefficient (Wildman–Crippen LogP) is 13.5. The molecule has 0 bridgehead atoms. The highest BCUT2D eigenvalue weighted by Crippen LogP contribution is 2.52. The second kappa shape index (κ2) is 9.88. The maximum absolute atomic E-state index is 2.46. The normalized spacial score (nSPS) is 12.7. The lowest BCUT2D eigenvalue weighted by Crippen LogP contribution is -1.98. The van der Waals surface area contributed by atoms with E-state index in [-0.39, 0.29) is 0 Å². The highest BCUT2D eigenvalue weighted by Gasteiger charge is 2.24. The highest BCUT2D eigenvalue weighted by molar-refractivity contribution is 7.99. The molecule has 8 aromatic carbocycles.